The molecule has 6 nitrogen and oxygen atoms in total. The molecule has 1 atom stereocenters. The summed E-state index contributed by atoms with van der Waals surface area (Å²) in [5.74, 6) is 0.0972. The molecular weight excluding hydrogens is 298 g/mol. The fourth-order valence-electron chi connectivity index (χ4n) is 2.10. The third kappa shape index (κ3) is 2.73. The molecule has 0 spiro atoms. The molecule has 2 rings (SSSR count). The van der Waals surface area contributed by atoms with Gasteiger partial charge in [0.15, 0.2) is 0 Å². The molecule has 1 saturated heterocycles. The van der Waals surface area contributed by atoms with Crippen LogP contribution in [0.3, 0.4) is 0 Å². The quantitative estimate of drug-likeness (QED) is 0.633. The maximum absolute atomic E-state index is 7.45. The maximum Gasteiger partial charge on any atom is 0.127 e. The Morgan fingerprint density at radius 2 is 2.39 bits per heavy atom. The first kappa shape index (κ1) is 13.5. The number of nitrogens with two attached hydrogens (primary N) is 1. The van der Waals surface area contributed by atoms with E-state index in [0.29, 0.717) is 13.2 Å². The zero-order chi connectivity index (χ0) is 13.3. The molecule has 1 fully saturated rings. The highest BCUT2D eigenvalue weighted by Crippen LogP contribution is 2.22. The zero-order valence-corrected chi connectivity index (χ0v) is 12.2. The number of ether oxygens (including phenoxy) is 1. The van der Waals surface area contributed by atoms with Crippen molar-refractivity contribution in [3.63, 3.8) is 0 Å². The Bertz CT molecular complexity index is 459. The Morgan fingerprint density at radius 1 is 1.67 bits per heavy atom. The van der Waals surface area contributed by atoms with E-state index in [1.165, 1.54) is 0 Å². The first-order chi connectivity index (χ1) is 8.49. The van der Waals surface area contributed by atoms with Gasteiger partial charge in [0.25, 0.3) is 0 Å². The predicted octanol–water partition coefficient (Wildman–Crippen LogP) is 0.628. The van der Waals surface area contributed by atoms with E-state index in [1.54, 1.807) is 0 Å². The Labute approximate surface area is 115 Å². The van der Waals surface area contributed by atoms with Gasteiger partial charge in [-0.25, -0.2) is 0 Å². The van der Waals surface area contributed by atoms with Crippen LogP contribution in [0.4, 0.5) is 0 Å². The smallest absolute Gasteiger partial charge is 0.127 e. The summed E-state index contributed by atoms with van der Waals surface area (Å²) >= 11 is 3.56. The van der Waals surface area contributed by atoms with E-state index in [9.17, 15) is 0 Å². The average molecular weight is 316 g/mol. The first-order valence-electron chi connectivity index (χ1n) is 5.85. The van der Waals surface area contributed by atoms with Crippen LogP contribution in [-0.4, -0.2) is 46.3 Å². The van der Waals surface area contributed by atoms with Crippen LogP contribution in [0.2, 0.25) is 0 Å². The molecule has 0 bridgehead atoms. The molecule has 0 amide bonds. The minimum Gasteiger partial charge on any atom is -0.385 e. The summed E-state index contributed by atoms with van der Waals surface area (Å²) in [6.07, 6.45) is -0.285. The highest BCUT2D eigenvalue weighted by atomic mass is 79.9. The minimum atomic E-state index is -0.285. The standard InChI is InChI=1S/C11H18BrN5O/c1-7-10(12)8(16(2)15-7)5-17-3-4-18-9(6-17)11(13)14/h9H,3-6H2,1-2H3,(H3,13,14). The minimum absolute atomic E-state index is 0.0972. The number of rotatable bonds is 3. The van der Waals surface area contributed by atoms with E-state index in [4.69, 9.17) is 15.9 Å². The molecule has 100 valence electrons. The normalized spacial score (nSPS) is 21.2. The molecule has 0 saturated carbocycles. The van der Waals surface area contributed by atoms with Crippen LogP contribution in [0.25, 0.3) is 0 Å². The van der Waals surface area contributed by atoms with Gasteiger partial charge in [-0.3, -0.25) is 15.0 Å². The third-order valence-electron chi connectivity index (χ3n) is 3.13. The number of hydrogen-bond donors (Lipinski definition) is 2. The molecule has 0 aromatic carbocycles. The lowest BCUT2D eigenvalue weighted by Gasteiger charge is -2.32. The monoisotopic (exact) mass is 315 g/mol. The van der Waals surface area contributed by atoms with Crippen molar-refractivity contribution >= 4 is 21.8 Å². The predicted molar refractivity (Wildman–Crippen MR) is 72.6 cm³/mol. The van der Waals surface area contributed by atoms with Gasteiger partial charge >= 0.3 is 0 Å². The summed E-state index contributed by atoms with van der Waals surface area (Å²) in [4.78, 5) is 2.23. The number of amidine groups is 1. The molecular formula is C11H18BrN5O. The first-order valence-corrected chi connectivity index (χ1v) is 6.64. The van der Waals surface area contributed by atoms with Crippen LogP contribution in [0, 0.1) is 12.3 Å². The van der Waals surface area contributed by atoms with Gasteiger partial charge in [0.1, 0.15) is 11.9 Å². The zero-order valence-electron chi connectivity index (χ0n) is 10.6. The van der Waals surface area contributed by atoms with Crippen molar-refractivity contribution in [2.45, 2.75) is 19.6 Å². The van der Waals surface area contributed by atoms with Gasteiger partial charge < -0.3 is 10.5 Å². The Balaban J connectivity index is 2.07. The lowest BCUT2D eigenvalue weighted by molar-refractivity contribution is 0.00145. The van der Waals surface area contributed by atoms with E-state index < -0.39 is 0 Å². The molecule has 0 radical (unpaired) electrons. The number of hydrogen-bond acceptors (Lipinski definition) is 4. The van der Waals surface area contributed by atoms with Crippen LogP contribution in [0.15, 0.2) is 4.47 Å². The van der Waals surface area contributed by atoms with Crippen molar-refractivity contribution in [2.24, 2.45) is 12.8 Å². The van der Waals surface area contributed by atoms with Crippen LogP contribution in [-0.2, 0) is 18.3 Å². The summed E-state index contributed by atoms with van der Waals surface area (Å²) < 4.78 is 8.39. The molecule has 1 aromatic heterocycles. The van der Waals surface area contributed by atoms with E-state index >= 15 is 0 Å². The van der Waals surface area contributed by atoms with Crippen molar-refractivity contribution in [3.05, 3.63) is 15.9 Å². The molecule has 2 heterocycles. The van der Waals surface area contributed by atoms with Crippen molar-refractivity contribution in [1.82, 2.24) is 14.7 Å². The van der Waals surface area contributed by atoms with Crippen LogP contribution in [0.5, 0.6) is 0 Å². The fraction of sp³-hybridized carbons (Fsp3) is 0.636. The second-order valence-electron chi connectivity index (χ2n) is 4.52. The summed E-state index contributed by atoms with van der Waals surface area (Å²) in [5, 5.41) is 11.8. The SMILES string of the molecule is Cc1nn(C)c(CN2CCOC(C(=N)N)C2)c1Br. The van der Waals surface area contributed by atoms with Gasteiger partial charge in [-0.1, -0.05) is 0 Å². The van der Waals surface area contributed by atoms with E-state index in [-0.39, 0.29) is 11.9 Å². The van der Waals surface area contributed by atoms with Gasteiger partial charge in [-0.15, -0.1) is 0 Å². The molecule has 1 unspecified atom stereocenters. The second kappa shape index (κ2) is 5.38. The van der Waals surface area contributed by atoms with Crippen molar-refractivity contribution < 1.29 is 4.74 Å². The van der Waals surface area contributed by atoms with Crippen LogP contribution < -0.4 is 5.73 Å². The topological polar surface area (TPSA) is 80.2 Å². The number of nitrogens with zero attached hydrogens (tertiary/aromatic N) is 3. The number of nitrogens with one attached hydrogen (secondary N) is 1. The van der Waals surface area contributed by atoms with Crippen molar-refractivity contribution in [1.29, 1.82) is 5.41 Å². The van der Waals surface area contributed by atoms with Gasteiger partial charge in [0, 0.05) is 26.7 Å². The van der Waals surface area contributed by atoms with Gasteiger partial charge in [-0.2, -0.15) is 5.10 Å². The molecule has 0 aliphatic carbocycles. The molecule has 18 heavy (non-hydrogen) atoms. The second-order valence-corrected chi connectivity index (χ2v) is 5.31. The summed E-state index contributed by atoms with van der Waals surface area (Å²) in [6.45, 7) is 4.88. The summed E-state index contributed by atoms with van der Waals surface area (Å²) in [6, 6.07) is 0. The summed E-state index contributed by atoms with van der Waals surface area (Å²) in [5.41, 5.74) is 7.62. The fourth-order valence-corrected chi connectivity index (χ4v) is 2.56. The third-order valence-corrected chi connectivity index (χ3v) is 4.16. The Morgan fingerprint density at radius 3 is 2.94 bits per heavy atom. The van der Waals surface area contributed by atoms with E-state index in [1.807, 2.05) is 18.7 Å². The Hall–Kier alpha value is -0.920. The van der Waals surface area contributed by atoms with Gasteiger partial charge in [-0.05, 0) is 22.9 Å². The number of halogens is 1. The lowest BCUT2D eigenvalue weighted by Crippen LogP contribution is -2.47. The van der Waals surface area contributed by atoms with E-state index in [2.05, 4.69) is 25.9 Å². The van der Waals surface area contributed by atoms with E-state index in [0.717, 1.165) is 29.0 Å². The van der Waals surface area contributed by atoms with Crippen molar-refractivity contribution in [2.75, 3.05) is 19.7 Å². The highest BCUT2D eigenvalue weighted by Gasteiger charge is 2.24. The number of aryl methyl sites for hydroxylation is 2. The molecule has 1 aliphatic heterocycles. The number of aromatic nitrogens is 2. The summed E-state index contributed by atoms with van der Waals surface area (Å²) in [7, 11) is 1.94. The van der Waals surface area contributed by atoms with Crippen LogP contribution in [0.1, 0.15) is 11.4 Å². The average Bonchev–Trinajstić information content (AvgIpc) is 2.56. The molecule has 1 aliphatic rings. The number of morpholine rings is 1. The highest BCUT2D eigenvalue weighted by molar-refractivity contribution is 9.10. The Kier molecular flexibility index (Phi) is 4.04. The van der Waals surface area contributed by atoms with Crippen LogP contribution >= 0.6 is 15.9 Å². The molecule has 1 aromatic rings. The van der Waals surface area contributed by atoms with Gasteiger partial charge in [0.2, 0.25) is 0 Å². The molecule has 7 heteroatoms. The molecule has 3 N–H and O–H groups in total. The lowest BCUT2D eigenvalue weighted by atomic mass is 10.2. The van der Waals surface area contributed by atoms with Gasteiger partial charge in [0.05, 0.1) is 22.5 Å². The maximum atomic E-state index is 7.45. The van der Waals surface area contributed by atoms with Crippen molar-refractivity contribution in [3.8, 4) is 0 Å². The largest absolute Gasteiger partial charge is 0.385 e.